The Morgan fingerprint density at radius 2 is 2.39 bits per heavy atom. The fraction of sp³-hybridized carbons (Fsp3) is 0.571. The summed E-state index contributed by atoms with van der Waals surface area (Å²) in [6.45, 7) is 0.875. The molecule has 2 unspecified atom stereocenters. The number of rotatable bonds is 5. The highest BCUT2D eigenvalue weighted by atomic mass is 16.5. The first-order chi connectivity index (χ1) is 8.83. The Morgan fingerprint density at radius 1 is 1.50 bits per heavy atom. The summed E-state index contributed by atoms with van der Waals surface area (Å²) < 4.78 is 11.0. The molecular formula is C14H22N2O2. The maximum Gasteiger partial charge on any atom is 0.119 e. The molecule has 1 fully saturated rings. The van der Waals surface area contributed by atoms with Crippen molar-refractivity contribution < 1.29 is 9.47 Å². The molecule has 0 amide bonds. The predicted octanol–water partition coefficient (Wildman–Crippen LogP) is 2.16. The zero-order chi connectivity index (χ0) is 12.8. The van der Waals surface area contributed by atoms with Crippen LogP contribution in [0.2, 0.25) is 0 Å². The van der Waals surface area contributed by atoms with Crippen molar-refractivity contribution in [1.82, 2.24) is 5.43 Å². The molecule has 0 aliphatic carbocycles. The van der Waals surface area contributed by atoms with E-state index in [1.807, 2.05) is 18.2 Å². The van der Waals surface area contributed by atoms with Crippen LogP contribution in [-0.2, 0) is 4.74 Å². The maximum absolute atomic E-state index is 5.76. The van der Waals surface area contributed by atoms with Crippen molar-refractivity contribution in [2.24, 2.45) is 5.84 Å². The maximum atomic E-state index is 5.76. The van der Waals surface area contributed by atoms with Crippen molar-refractivity contribution in [3.05, 3.63) is 29.8 Å². The number of hydrogen-bond donors (Lipinski definition) is 2. The summed E-state index contributed by atoms with van der Waals surface area (Å²) in [4.78, 5) is 0. The monoisotopic (exact) mass is 250 g/mol. The van der Waals surface area contributed by atoms with Crippen molar-refractivity contribution >= 4 is 0 Å². The van der Waals surface area contributed by atoms with E-state index in [9.17, 15) is 0 Å². The minimum atomic E-state index is 0.114. The molecule has 2 atom stereocenters. The molecule has 3 N–H and O–H groups in total. The normalized spacial score (nSPS) is 21.6. The molecule has 2 rings (SSSR count). The Hall–Kier alpha value is -1.10. The highest BCUT2D eigenvalue weighted by Crippen LogP contribution is 2.26. The van der Waals surface area contributed by atoms with Gasteiger partial charge in [-0.15, -0.1) is 0 Å². The molecule has 0 spiro atoms. The van der Waals surface area contributed by atoms with Crippen LogP contribution in [0.3, 0.4) is 0 Å². The second-order valence-electron chi connectivity index (χ2n) is 4.72. The summed E-state index contributed by atoms with van der Waals surface area (Å²) in [5.74, 6) is 6.53. The molecule has 100 valence electrons. The molecule has 0 aromatic heterocycles. The van der Waals surface area contributed by atoms with Crippen LogP contribution < -0.4 is 16.0 Å². The third kappa shape index (κ3) is 3.45. The zero-order valence-electron chi connectivity index (χ0n) is 10.9. The van der Waals surface area contributed by atoms with Gasteiger partial charge in [-0.05, 0) is 43.4 Å². The van der Waals surface area contributed by atoms with Gasteiger partial charge in [0.25, 0.3) is 0 Å². The smallest absolute Gasteiger partial charge is 0.119 e. The highest BCUT2D eigenvalue weighted by molar-refractivity contribution is 5.30. The molecule has 0 saturated carbocycles. The third-order valence-electron chi connectivity index (χ3n) is 3.47. The van der Waals surface area contributed by atoms with Crippen molar-refractivity contribution in [1.29, 1.82) is 0 Å². The molecule has 4 heteroatoms. The Bertz CT molecular complexity index is 365. The first kappa shape index (κ1) is 13.3. The average molecular weight is 250 g/mol. The standard InChI is InChI=1S/C14H22N2O2/c1-17-12-7-4-5-11(9-12)14(16-15)10-13-6-2-3-8-18-13/h4-5,7,9,13-14,16H,2-3,6,8,10,15H2,1H3. The summed E-state index contributed by atoms with van der Waals surface area (Å²) >= 11 is 0. The van der Waals surface area contributed by atoms with Gasteiger partial charge in [0.05, 0.1) is 13.2 Å². The van der Waals surface area contributed by atoms with Gasteiger partial charge in [0.15, 0.2) is 0 Å². The summed E-state index contributed by atoms with van der Waals surface area (Å²) in [5.41, 5.74) is 4.03. The fourth-order valence-corrected chi connectivity index (χ4v) is 2.41. The summed E-state index contributed by atoms with van der Waals surface area (Å²) in [5, 5.41) is 0. The molecule has 1 saturated heterocycles. The topological polar surface area (TPSA) is 56.5 Å². The fourth-order valence-electron chi connectivity index (χ4n) is 2.41. The van der Waals surface area contributed by atoms with Crippen LogP contribution in [0.15, 0.2) is 24.3 Å². The Labute approximate surface area is 108 Å². The van der Waals surface area contributed by atoms with Crippen LogP contribution >= 0.6 is 0 Å². The molecule has 0 bridgehead atoms. The van der Waals surface area contributed by atoms with Crippen LogP contribution in [-0.4, -0.2) is 19.8 Å². The van der Waals surface area contributed by atoms with Gasteiger partial charge >= 0.3 is 0 Å². The van der Waals surface area contributed by atoms with E-state index in [0.717, 1.165) is 30.8 Å². The average Bonchev–Trinajstić information content (AvgIpc) is 2.46. The van der Waals surface area contributed by atoms with Gasteiger partial charge < -0.3 is 9.47 Å². The molecule has 1 aromatic rings. The van der Waals surface area contributed by atoms with Crippen molar-refractivity contribution in [2.75, 3.05) is 13.7 Å². The largest absolute Gasteiger partial charge is 0.497 e. The van der Waals surface area contributed by atoms with E-state index in [-0.39, 0.29) is 6.04 Å². The zero-order valence-corrected chi connectivity index (χ0v) is 10.9. The Balaban J connectivity index is 2.02. The lowest BCUT2D eigenvalue weighted by Crippen LogP contribution is -2.32. The molecule has 18 heavy (non-hydrogen) atoms. The van der Waals surface area contributed by atoms with Gasteiger partial charge in [0.1, 0.15) is 5.75 Å². The number of hydrogen-bond acceptors (Lipinski definition) is 4. The van der Waals surface area contributed by atoms with E-state index in [1.54, 1.807) is 7.11 Å². The van der Waals surface area contributed by atoms with E-state index < -0.39 is 0 Å². The number of nitrogens with one attached hydrogen (secondary N) is 1. The summed E-state index contributed by atoms with van der Waals surface area (Å²) in [6, 6.07) is 8.13. The van der Waals surface area contributed by atoms with E-state index in [0.29, 0.717) is 6.10 Å². The minimum absolute atomic E-state index is 0.114. The molecule has 4 nitrogen and oxygen atoms in total. The van der Waals surface area contributed by atoms with Gasteiger partial charge in [-0.2, -0.15) is 0 Å². The molecule has 0 radical (unpaired) electrons. The molecule has 1 aromatic carbocycles. The van der Waals surface area contributed by atoms with Crippen LogP contribution in [0.5, 0.6) is 5.75 Å². The van der Waals surface area contributed by atoms with E-state index in [2.05, 4.69) is 11.5 Å². The van der Waals surface area contributed by atoms with E-state index in [4.69, 9.17) is 15.3 Å². The molecular weight excluding hydrogens is 228 g/mol. The van der Waals surface area contributed by atoms with E-state index in [1.165, 1.54) is 12.8 Å². The molecule has 1 aliphatic rings. The van der Waals surface area contributed by atoms with Crippen LogP contribution in [0.1, 0.15) is 37.3 Å². The number of hydrazine groups is 1. The van der Waals surface area contributed by atoms with Crippen LogP contribution in [0.25, 0.3) is 0 Å². The van der Waals surface area contributed by atoms with Crippen LogP contribution in [0, 0.1) is 0 Å². The number of nitrogens with two attached hydrogens (primary N) is 1. The molecule has 1 heterocycles. The lowest BCUT2D eigenvalue weighted by atomic mass is 9.97. The lowest BCUT2D eigenvalue weighted by molar-refractivity contribution is 0.00501. The van der Waals surface area contributed by atoms with Gasteiger partial charge in [0.2, 0.25) is 0 Å². The highest BCUT2D eigenvalue weighted by Gasteiger charge is 2.20. The Kier molecular flexibility index (Phi) is 4.99. The molecule has 1 aliphatic heterocycles. The Morgan fingerprint density at radius 3 is 3.06 bits per heavy atom. The van der Waals surface area contributed by atoms with Crippen molar-refractivity contribution in [2.45, 2.75) is 37.8 Å². The SMILES string of the molecule is COc1cccc(C(CC2CCCCO2)NN)c1. The second kappa shape index (κ2) is 6.73. The second-order valence-corrected chi connectivity index (χ2v) is 4.72. The predicted molar refractivity (Wildman–Crippen MR) is 71.3 cm³/mol. The van der Waals surface area contributed by atoms with Crippen LogP contribution in [0.4, 0.5) is 0 Å². The summed E-state index contributed by atoms with van der Waals surface area (Å²) in [6.07, 6.45) is 4.77. The first-order valence-corrected chi connectivity index (χ1v) is 6.55. The first-order valence-electron chi connectivity index (χ1n) is 6.55. The van der Waals surface area contributed by atoms with Crippen molar-refractivity contribution in [3.63, 3.8) is 0 Å². The third-order valence-corrected chi connectivity index (χ3v) is 3.47. The number of methoxy groups -OCH3 is 1. The number of ether oxygens (including phenoxy) is 2. The quantitative estimate of drug-likeness (QED) is 0.621. The summed E-state index contributed by atoms with van der Waals surface area (Å²) in [7, 11) is 1.67. The van der Waals surface area contributed by atoms with Gasteiger partial charge in [-0.3, -0.25) is 11.3 Å². The van der Waals surface area contributed by atoms with Crippen molar-refractivity contribution in [3.8, 4) is 5.75 Å². The number of benzene rings is 1. The van der Waals surface area contributed by atoms with Gasteiger partial charge in [-0.1, -0.05) is 12.1 Å². The van der Waals surface area contributed by atoms with E-state index >= 15 is 0 Å². The van der Waals surface area contributed by atoms with Gasteiger partial charge in [-0.25, -0.2) is 0 Å². The lowest BCUT2D eigenvalue weighted by Gasteiger charge is -2.27. The minimum Gasteiger partial charge on any atom is -0.497 e. The van der Waals surface area contributed by atoms with Gasteiger partial charge in [0, 0.05) is 12.6 Å².